The smallest absolute Gasteiger partial charge is 0.323 e. The molecule has 0 radical (unpaired) electrons. The largest absolute Gasteiger partial charge is 0.494 e. The van der Waals surface area contributed by atoms with E-state index in [0.29, 0.717) is 19.4 Å². The number of imidazole rings is 1. The van der Waals surface area contributed by atoms with Crippen LogP contribution < -0.4 is 4.74 Å². The summed E-state index contributed by atoms with van der Waals surface area (Å²) in [5.74, 6) is 0.492. The summed E-state index contributed by atoms with van der Waals surface area (Å²) in [5, 5.41) is 8.77. The minimum Gasteiger partial charge on any atom is -0.494 e. The molecule has 0 spiro atoms. The van der Waals surface area contributed by atoms with E-state index >= 15 is 0 Å². The van der Waals surface area contributed by atoms with Crippen molar-refractivity contribution in [3.05, 3.63) is 78.9 Å². The number of benzene rings is 3. The van der Waals surface area contributed by atoms with Crippen molar-refractivity contribution in [1.82, 2.24) is 14.5 Å². The van der Waals surface area contributed by atoms with Crippen LogP contribution >= 0.6 is 0 Å². The molecule has 0 aliphatic heterocycles. The Morgan fingerprint density at radius 2 is 1.66 bits per heavy atom. The van der Waals surface area contributed by atoms with E-state index in [1.165, 1.54) is 11.9 Å². The van der Waals surface area contributed by atoms with Crippen LogP contribution in [0.4, 0.5) is 0 Å². The zero-order valence-corrected chi connectivity index (χ0v) is 19.8. The Bertz CT molecular complexity index is 1290. The first-order valence-corrected chi connectivity index (χ1v) is 11.7. The van der Waals surface area contributed by atoms with Crippen LogP contribution in [0.25, 0.3) is 28.1 Å². The fraction of sp³-hybridized carbons (Fsp3) is 0.250. The van der Waals surface area contributed by atoms with Gasteiger partial charge in [-0.15, -0.1) is 0 Å². The number of carboxylic acid groups (broad SMARTS) is 1. The summed E-state index contributed by atoms with van der Waals surface area (Å²) in [6.07, 6.45) is 2.68. The standard InChI is InChI=1S/C28H29N3O4/c1-30(20-27(33)34)26(32)15-9-4-10-18-35-23-16-17-24-25(19-23)31(22-13-7-3-8-14-22)28(29-24)21-11-5-2-6-12-21/h2-3,5-8,11-14,16-17,19H,4,9-10,15,18,20H2,1H3,(H,33,34). The van der Waals surface area contributed by atoms with Crippen LogP contribution in [0, 0.1) is 0 Å². The lowest BCUT2D eigenvalue weighted by Crippen LogP contribution is -2.31. The number of rotatable bonds is 11. The lowest BCUT2D eigenvalue weighted by molar-refractivity contribution is -0.143. The third-order valence-corrected chi connectivity index (χ3v) is 5.77. The van der Waals surface area contributed by atoms with E-state index in [1.807, 2.05) is 54.6 Å². The van der Waals surface area contributed by atoms with Crippen LogP contribution in [0.5, 0.6) is 5.75 Å². The Labute approximate surface area is 204 Å². The number of carbonyl (C=O) groups excluding carboxylic acids is 1. The molecule has 0 atom stereocenters. The van der Waals surface area contributed by atoms with Crippen molar-refractivity contribution >= 4 is 22.9 Å². The number of hydrogen-bond acceptors (Lipinski definition) is 4. The fourth-order valence-corrected chi connectivity index (χ4v) is 3.99. The Morgan fingerprint density at radius 1 is 0.943 bits per heavy atom. The van der Waals surface area contributed by atoms with E-state index in [1.54, 1.807) is 0 Å². The van der Waals surface area contributed by atoms with Gasteiger partial charge in [0.05, 0.1) is 17.6 Å². The Morgan fingerprint density at radius 3 is 2.37 bits per heavy atom. The molecule has 0 aliphatic carbocycles. The van der Waals surface area contributed by atoms with Crippen molar-refractivity contribution < 1.29 is 19.4 Å². The first-order valence-electron chi connectivity index (χ1n) is 11.7. The maximum absolute atomic E-state index is 11.9. The second-order valence-electron chi connectivity index (χ2n) is 8.43. The van der Waals surface area contributed by atoms with Gasteiger partial charge in [-0.25, -0.2) is 4.98 Å². The number of nitrogens with zero attached hydrogens (tertiary/aromatic N) is 3. The molecule has 4 rings (SSSR count). The molecule has 7 heteroatoms. The molecule has 1 heterocycles. The van der Waals surface area contributed by atoms with Crippen LogP contribution in [0.2, 0.25) is 0 Å². The molecule has 3 aromatic carbocycles. The highest BCUT2D eigenvalue weighted by Crippen LogP contribution is 2.30. The maximum atomic E-state index is 11.9. The number of hydrogen-bond donors (Lipinski definition) is 1. The van der Waals surface area contributed by atoms with Gasteiger partial charge in [0.15, 0.2) is 0 Å². The number of carboxylic acids is 1. The van der Waals surface area contributed by atoms with Gasteiger partial charge in [-0.1, -0.05) is 48.5 Å². The van der Waals surface area contributed by atoms with Gasteiger partial charge >= 0.3 is 5.97 Å². The van der Waals surface area contributed by atoms with E-state index in [4.69, 9.17) is 14.8 Å². The highest BCUT2D eigenvalue weighted by Gasteiger charge is 2.15. The van der Waals surface area contributed by atoms with Crippen LogP contribution in [-0.2, 0) is 9.59 Å². The Kier molecular flexibility index (Phi) is 7.77. The normalized spacial score (nSPS) is 10.9. The highest BCUT2D eigenvalue weighted by molar-refractivity contribution is 5.84. The van der Waals surface area contributed by atoms with Crippen molar-refractivity contribution in [1.29, 1.82) is 0 Å². The molecule has 0 unspecified atom stereocenters. The topological polar surface area (TPSA) is 84.7 Å². The molecule has 0 bridgehead atoms. The van der Waals surface area contributed by atoms with Crippen molar-refractivity contribution in [3.63, 3.8) is 0 Å². The molecule has 0 aliphatic rings. The molecule has 1 aromatic heterocycles. The predicted molar refractivity (Wildman–Crippen MR) is 136 cm³/mol. The van der Waals surface area contributed by atoms with Crippen molar-refractivity contribution in [2.45, 2.75) is 25.7 Å². The van der Waals surface area contributed by atoms with Gasteiger partial charge in [0.2, 0.25) is 5.91 Å². The van der Waals surface area contributed by atoms with Crippen LogP contribution in [0.1, 0.15) is 25.7 Å². The van der Waals surface area contributed by atoms with Crippen molar-refractivity contribution in [2.75, 3.05) is 20.2 Å². The Balaban J connectivity index is 1.42. The molecule has 180 valence electrons. The van der Waals surface area contributed by atoms with Crippen molar-refractivity contribution in [2.24, 2.45) is 0 Å². The zero-order valence-electron chi connectivity index (χ0n) is 19.8. The molecule has 1 amide bonds. The number of likely N-dealkylation sites (N-methyl/N-ethyl adjacent to an activating group) is 1. The SMILES string of the molecule is CN(CC(=O)O)C(=O)CCCCCOc1ccc2nc(-c3ccccc3)n(-c3ccccc3)c2c1. The van der Waals surface area contributed by atoms with Crippen LogP contribution in [-0.4, -0.2) is 51.6 Å². The molecular weight excluding hydrogens is 442 g/mol. The highest BCUT2D eigenvalue weighted by atomic mass is 16.5. The number of aromatic nitrogens is 2. The summed E-state index contributed by atoms with van der Waals surface area (Å²) in [7, 11) is 1.51. The summed E-state index contributed by atoms with van der Waals surface area (Å²) in [4.78, 5) is 28.8. The van der Waals surface area contributed by atoms with Crippen LogP contribution in [0.15, 0.2) is 78.9 Å². The summed E-state index contributed by atoms with van der Waals surface area (Å²) < 4.78 is 8.16. The first-order chi connectivity index (χ1) is 17.0. The predicted octanol–water partition coefficient (Wildman–Crippen LogP) is 5.17. The van der Waals surface area contributed by atoms with Gasteiger partial charge in [-0.05, 0) is 43.5 Å². The van der Waals surface area contributed by atoms with Gasteiger partial charge < -0.3 is 14.7 Å². The monoisotopic (exact) mass is 471 g/mol. The minimum absolute atomic E-state index is 0.151. The summed E-state index contributed by atoms with van der Waals surface area (Å²) in [5.41, 5.74) is 3.94. The maximum Gasteiger partial charge on any atom is 0.323 e. The lowest BCUT2D eigenvalue weighted by Gasteiger charge is -2.14. The molecule has 1 N–H and O–H groups in total. The van der Waals surface area contributed by atoms with E-state index < -0.39 is 5.97 Å². The molecule has 0 saturated carbocycles. The summed E-state index contributed by atoms with van der Waals surface area (Å²) >= 11 is 0. The summed E-state index contributed by atoms with van der Waals surface area (Å²) in [6.45, 7) is 0.269. The molecule has 0 saturated heterocycles. The van der Waals surface area contributed by atoms with Gasteiger partial charge in [-0.3, -0.25) is 14.2 Å². The number of fused-ring (bicyclic) bond motifs is 1. The molecule has 0 fully saturated rings. The molecule has 4 aromatic rings. The molecule has 35 heavy (non-hydrogen) atoms. The number of para-hydroxylation sites is 1. The number of carbonyl (C=O) groups is 2. The van der Waals surface area contributed by atoms with Crippen molar-refractivity contribution in [3.8, 4) is 22.8 Å². The second-order valence-corrected chi connectivity index (χ2v) is 8.43. The number of ether oxygens (including phenoxy) is 1. The van der Waals surface area contributed by atoms with E-state index in [2.05, 4.69) is 28.8 Å². The number of unbranched alkanes of at least 4 members (excludes halogenated alkanes) is 2. The first kappa shape index (κ1) is 24.0. The quantitative estimate of drug-likeness (QED) is 0.305. The third kappa shape index (κ3) is 6.06. The molecule has 7 nitrogen and oxygen atoms in total. The van der Waals surface area contributed by atoms with E-state index in [-0.39, 0.29) is 12.5 Å². The lowest BCUT2D eigenvalue weighted by atomic mass is 10.2. The van der Waals surface area contributed by atoms with Gasteiger partial charge in [-0.2, -0.15) is 0 Å². The minimum atomic E-state index is -1.00. The average Bonchev–Trinajstić information content (AvgIpc) is 3.25. The van der Waals surface area contributed by atoms with Gasteiger partial charge in [0.1, 0.15) is 18.1 Å². The summed E-state index contributed by atoms with van der Waals surface area (Å²) in [6, 6.07) is 26.2. The van der Waals surface area contributed by atoms with Gasteiger partial charge in [0.25, 0.3) is 0 Å². The van der Waals surface area contributed by atoms with Gasteiger partial charge in [0, 0.05) is 30.8 Å². The number of aliphatic carboxylic acids is 1. The van der Waals surface area contributed by atoms with Crippen LogP contribution in [0.3, 0.4) is 0 Å². The third-order valence-electron chi connectivity index (χ3n) is 5.77. The average molecular weight is 472 g/mol. The number of amides is 1. The molecular formula is C28H29N3O4. The fourth-order valence-electron chi connectivity index (χ4n) is 3.99. The zero-order chi connectivity index (χ0) is 24.6. The van der Waals surface area contributed by atoms with E-state index in [0.717, 1.165) is 46.7 Å². The Hall–Kier alpha value is -4.13. The van der Waals surface area contributed by atoms with E-state index in [9.17, 15) is 9.59 Å². The second kappa shape index (κ2) is 11.3.